The van der Waals surface area contributed by atoms with Crippen molar-refractivity contribution in [2.75, 3.05) is 12.4 Å². The summed E-state index contributed by atoms with van der Waals surface area (Å²) in [5.74, 6) is 0.323. The molecule has 0 aromatic carbocycles. The van der Waals surface area contributed by atoms with Gasteiger partial charge in [0.05, 0.1) is 23.9 Å². The second kappa shape index (κ2) is 7.21. The molecule has 0 aliphatic heterocycles. The molecule has 10 heteroatoms. The largest absolute Gasteiger partial charge is 0.481 e. The molecule has 1 unspecified atom stereocenters. The molecule has 2 heterocycles. The van der Waals surface area contributed by atoms with Gasteiger partial charge in [-0.15, -0.1) is 0 Å². The zero-order valence-corrected chi connectivity index (χ0v) is 13.9. The number of amides is 1. The second-order valence-corrected chi connectivity index (χ2v) is 5.82. The van der Waals surface area contributed by atoms with Gasteiger partial charge in [-0.2, -0.15) is 4.98 Å². The summed E-state index contributed by atoms with van der Waals surface area (Å²) in [6.07, 6.45) is 2.35. The van der Waals surface area contributed by atoms with E-state index in [4.69, 9.17) is 9.84 Å². The molecule has 136 valence electrons. The maximum atomic E-state index is 11.2. The van der Waals surface area contributed by atoms with E-state index in [1.807, 2.05) is 6.07 Å². The predicted octanol–water partition coefficient (Wildman–Crippen LogP) is 2.26. The van der Waals surface area contributed by atoms with E-state index in [0.717, 1.165) is 11.3 Å². The van der Waals surface area contributed by atoms with Gasteiger partial charge in [-0.05, 0) is 24.5 Å². The Balaban J connectivity index is 1.82. The fourth-order valence-electron chi connectivity index (χ4n) is 2.89. The van der Waals surface area contributed by atoms with Crippen LogP contribution in [0, 0.1) is 10.1 Å². The first-order valence-electron chi connectivity index (χ1n) is 7.90. The van der Waals surface area contributed by atoms with Crippen molar-refractivity contribution in [3.63, 3.8) is 0 Å². The molecule has 0 bridgehead atoms. The molecule has 0 spiro atoms. The van der Waals surface area contributed by atoms with Crippen molar-refractivity contribution < 1.29 is 19.6 Å². The summed E-state index contributed by atoms with van der Waals surface area (Å²) >= 11 is 0. The highest BCUT2D eigenvalue weighted by Gasteiger charge is 2.22. The van der Waals surface area contributed by atoms with Gasteiger partial charge in [0.25, 0.3) is 0 Å². The normalized spacial score (nSPS) is 15.7. The molecule has 2 aromatic heterocycles. The molecule has 1 aliphatic carbocycles. The molecule has 3 N–H and O–H groups in total. The molecule has 26 heavy (non-hydrogen) atoms. The van der Waals surface area contributed by atoms with E-state index < -0.39 is 11.0 Å². The first-order valence-corrected chi connectivity index (χ1v) is 7.90. The Morgan fingerprint density at radius 1 is 1.46 bits per heavy atom. The van der Waals surface area contributed by atoms with Crippen LogP contribution in [0.5, 0.6) is 5.88 Å². The van der Waals surface area contributed by atoms with Crippen LogP contribution in [0.2, 0.25) is 0 Å². The lowest BCUT2D eigenvalue weighted by Crippen LogP contribution is -2.38. The highest BCUT2D eigenvalue weighted by molar-refractivity contribution is 5.66. The molecule has 1 amide bonds. The van der Waals surface area contributed by atoms with Crippen molar-refractivity contribution in [1.82, 2.24) is 15.3 Å². The van der Waals surface area contributed by atoms with Crippen LogP contribution in [-0.4, -0.2) is 39.2 Å². The first kappa shape index (κ1) is 17.4. The van der Waals surface area contributed by atoms with Gasteiger partial charge in [0, 0.05) is 30.3 Å². The average Bonchev–Trinajstić information content (AvgIpc) is 2.61. The summed E-state index contributed by atoms with van der Waals surface area (Å²) in [5.41, 5.74) is 2.18. The Hall–Kier alpha value is -3.43. The van der Waals surface area contributed by atoms with Gasteiger partial charge >= 0.3 is 11.8 Å². The lowest BCUT2D eigenvalue weighted by molar-refractivity contribution is -0.384. The number of fused-ring (bicyclic) bond motifs is 1. The monoisotopic (exact) mass is 359 g/mol. The summed E-state index contributed by atoms with van der Waals surface area (Å²) in [6, 6.07) is 4.43. The van der Waals surface area contributed by atoms with Crippen molar-refractivity contribution in [1.29, 1.82) is 0 Å². The quantitative estimate of drug-likeness (QED) is 0.545. The Kier molecular flexibility index (Phi) is 4.83. The molecule has 1 aliphatic rings. The molecule has 0 saturated carbocycles. The number of ether oxygens (including phenoxy) is 1. The van der Waals surface area contributed by atoms with Crippen LogP contribution in [0.4, 0.5) is 22.0 Å². The van der Waals surface area contributed by atoms with Crippen molar-refractivity contribution in [3.8, 4) is 5.88 Å². The van der Waals surface area contributed by atoms with Crippen molar-refractivity contribution >= 4 is 23.3 Å². The Bertz CT molecular complexity index is 857. The molecule has 1 atom stereocenters. The number of hydrogen-bond acceptors (Lipinski definition) is 7. The van der Waals surface area contributed by atoms with Crippen molar-refractivity contribution in [2.45, 2.75) is 25.3 Å². The summed E-state index contributed by atoms with van der Waals surface area (Å²) in [5, 5.41) is 25.4. The van der Waals surface area contributed by atoms with Gasteiger partial charge in [0.2, 0.25) is 11.7 Å². The highest BCUT2D eigenvalue weighted by atomic mass is 16.6. The van der Waals surface area contributed by atoms with Crippen LogP contribution >= 0.6 is 0 Å². The van der Waals surface area contributed by atoms with Crippen LogP contribution in [0.1, 0.15) is 17.7 Å². The Morgan fingerprint density at radius 3 is 2.96 bits per heavy atom. The number of nitrogens with zero attached hydrogens (tertiary/aromatic N) is 3. The van der Waals surface area contributed by atoms with Crippen molar-refractivity contribution in [2.24, 2.45) is 0 Å². The van der Waals surface area contributed by atoms with Crippen LogP contribution in [-0.2, 0) is 12.8 Å². The predicted molar refractivity (Wildman–Crippen MR) is 91.9 cm³/mol. The van der Waals surface area contributed by atoms with E-state index in [9.17, 15) is 14.9 Å². The zero-order valence-electron chi connectivity index (χ0n) is 13.9. The number of aryl methyl sites for hydroxylation is 1. The molecule has 10 nitrogen and oxygen atoms in total. The first-order chi connectivity index (χ1) is 12.5. The summed E-state index contributed by atoms with van der Waals surface area (Å²) < 4.78 is 5.02. The maximum Gasteiger partial charge on any atom is 0.404 e. The van der Waals surface area contributed by atoms with Crippen LogP contribution in [0.3, 0.4) is 0 Å². The van der Waals surface area contributed by atoms with E-state index in [1.54, 1.807) is 6.20 Å². The van der Waals surface area contributed by atoms with E-state index in [0.29, 0.717) is 24.9 Å². The van der Waals surface area contributed by atoms with Crippen LogP contribution in [0.25, 0.3) is 0 Å². The minimum Gasteiger partial charge on any atom is -0.481 e. The zero-order chi connectivity index (χ0) is 18.7. The van der Waals surface area contributed by atoms with Crippen molar-refractivity contribution in [3.05, 3.63) is 45.8 Å². The number of carboxylic acid groups (broad SMARTS) is 1. The summed E-state index contributed by atoms with van der Waals surface area (Å²) in [4.78, 5) is 29.9. The van der Waals surface area contributed by atoms with E-state index >= 15 is 0 Å². The van der Waals surface area contributed by atoms with Gasteiger partial charge in [-0.3, -0.25) is 15.1 Å². The number of nitrogens with one attached hydrogen (secondary N) is 2. The molecular formula is C16H17N5O5. The third-order valence-electron chi connectivity index (χ3n) is 4.11. The number of nitro groups is 1. The fourth-order valence-corrected chi connectivity index (χ4v) is 2.89. The number of aromatic nitrogens is 2. The number of anilines is 2. The third-order valence-corrected chi connectivity index (χ3v) is 4.11. The standard InChI is InChI=1S/C16H17N5O5/c1-26-14-5-4-13(21(24)25)15(20-14)18-11-6-9-2-3-10(19-16(22)23)7-12(9)17-8-11/h4-6,8,10,19H,2-3,7H2,1H3,(H,18,20)(H,22,23). The Labute approximate surface area is 148 Å². The third kappa shape index (κ3) is 3.79. The number of methoxy groups -OCH3 is 1. The van der Waals surface area contributed by atoms with E-state index in [1.165, 1.54) is 19.2 Å². The molecule has 0 fully saturated rings. The average molecular weight is 359 g/mol. The molecule has 0 radical (unpaired) electrons. The topological polar surface area (TPSA) is 140 Å². The molecule has 2 aromatic rings. The second-order valence-electron chi connectivity index (χ2n) is 5.82. The lowest BCUT2D eigenvalue weighted by Gasteiger charge is -2.24. The number of rotatable bonds is 5. The molecule has 3 rings (SSSR count). The van der Waals surface area contributed by atoms with Gasteiger partial charge in [0.1, 0.15) is 0 Å². The fraction of sp³-hybridized carbons (Fsp3) is 0.312. The Morgan fingerprint density at radius 2 is 2.27 bits per heavy atom. The smallest absolute Gasteiger partial charge is 0.404 e. The van der Waals surface area contributed by atoms with Gasteiger partial charge in [0.15, 0.2) is 0 Å². The van der Waals surface area contributed by atoms with Gasteiger partial charge < -0.3 is 20.5 Å². The summed E-state index contributed by atoms with van der Waals surface area (Å²) in [7, 11) is 1.43. The van der Waals surface area contributed by atoms with E-state index in [2.05, 4.69) is 20.6 Å². The van der Waals surface area contributed by atoms with Crippen LogP contribution in [0.15, 0.2) is 24.4 Å². The number of carbonyl (C=O) groups is 1. The SMILES string of the molecule is COc1ccc([N+](=O)[O-])c(Nc2cnc3c(c2)CCC(NC(=O)O)C3)n1. The lowest BCUT2D eigenvalue weighted by atomic mass is 9.92. The highest BCUT2D eigenvalue weighted by Crippen LogP contribution is 2.29. The molecule has 0 saturated heterocycles. The summed E-state index contributed by atoms with van der Waals surface area (Å²) in [6.45, 7) is 0. The minimum absolute atomic E-state index is 0.0670. The van der Waals surface area contributed by atoms with Gasteiger partial charge in [-0.25, -0.2) is 4.79 Å². The molecular weight excluding hydrogens is 342 g/mol. The van der Waals surface area contributed by atoms with Gasteiger partial charge in [-0.1, -0.05) is 0 Å². The maximum absolute atomic E-state index is 11.2. The number of hydrogen-bond donors (Lipinski definition) is 3. The van der Waals surface area contributed by atoms with E-state index in [-0.39, 0.29) is 23.4 Å². The van der Waals surface area contributed by atoms with Crippen LogP contribution < -0.4 is 15.4 Å². The minimum atomic E-state index is -1.05. The number of pyridine rings is 2.